The molecule has 0 atom stereocenters. The first-order valence-corrected chi connectivity index (χ1v) is 5.19. The van der Waals surface area contributed by atoms with Crippen LogP contribution >= 0.6 is 0 Å². The summed E-state index contributed by atoms with van der Waals surface area (Å²) in [6.07, 6.45) is 3.81. The van der Waals surface area contributed by atoms with Crippen molar-refractivity contribution in [3.8, 4) is 11.5 Å². The van der Waals surface area contributed by atoms with Crippen molar-refractivity contribution in [2.45, 2.75) is 26.2 Å². The van der Waals surface area contributed by atoms with Gasteiger partial charge in [-0.25, -0.2) is 0 Å². The van der Waals surface area contributed by atoms with Crippen molar-refractivity contribution < 1.29 is 14.6 Å². The summed E-state index contributed by atoms with van der Waals surface area (Å²) in [7, 11) is 0. The van der Waals surface area contributed by atoms with Crippen LogP contribution in [0.25, 0.3) is 0 Å². The minimum absolute atomic E-state index is 0.0296. The van der Waals surface area contributed by atoms with Crippen LogP contribution in [-0.4, -0.2) is 18.0 Å². The highest BCUT2D eigenvalue weighted by Crippen LogP contribution is 2.25. The van der Waals surface area contributed by atoms with Gasteiger partial charge >= 0.3 is 0 Å². The summed E-state index contributed by atoms with van der Waals surface area (Å²) in [6, 6.07) is 4.83. The number of hydrogen-bond donors (Lipinski definition) is 1. The lowest BCUT2D eigenvalue weighted by molar-refractivity contribution is 0.111. The number of benzene rings is 1. The highest BCUT2D eigenvalue weighted by molar-refractivity contribution is 5.83. The van der Waals surface area contributed by atoms with E-state index in [0.717, 1.165) is 19.3 Å². The van der Waals surface area contributed by atoms with Gasteiger partial charge < -0.3 is 9.84 Å². The molecule has 0 heterocycles. The fourth-order valence-corrected chi connectivity index (χ4v) is 1.31. The molecule has 0 radical (unpaired) electrons. The van der Waals surface area contributed by atoms with Gasteiger partial charge in [0.25, 0.3) is 0 Å². The predicted molar refractivity (Wildman–Crippen MR) is 58.5 cm³/mol. The number of ether oxygens (including phenoxy) is 1. The van der Waals surface area contributed by atoms with Gasteiger partial charge in [-0.1, -0.05) is 25.8 Å². The third kappa shape index (κ3) is 3.27. The fraction of sp³-hybridized carbons (Fsp3) is 0.417. The number of hydrogen-bond acceptors (Lipinski definition) is 3. The Morgan fingerprint density at radius 1 is 1.40 bits per heavy atom. The van der Waals surface area contributed by atoms with Crippen LogP contribution in [0.15, 0.2) is 18.2 Å². The number of unbranched alkanes of at least 4 members (excludes halogenated alkanes) is 2. The maximum atomic E-state index is 10.7. The summed E-state index contributed by atoms with van der Waals surface area (Å²) >= 11 is 0. The molecule has 1 rings (SSSR count). The van der Waals surface area contributed by atoms with Crippen molar-refractivity contribution in [3.63, 3.8) is 0 Å². The number of aromatic hydroxyl groups is 1. The standard InChI is InChI=1S/C12H16O3/c1-2-3-4-8-15-12-7-5-6-11(14)10(12)9-13/h5-7,9,14H,2-4,8H2,1H3. The Balaban J connectivity index is 2.60. The molecule has 0 aliphatic heterocycles. The van der Waals surface area contributed by atoms with Gasteiger partial charge in [0.15, 0.2) is 6.29 Å². The van der Waals surface area contributed by atoms with Crippen LogP contribution in [0.5, 0.6) is 11.5 Å². The second kappa shape index (κ2) is 6.06. The lowest BCUT2D eigenvalue weighted by Crippen LogP contribution is -1.99. The van der Waals surface area contributed by atoms with Crippen molar-refractivity contribution in [2.75, 3.05) is 6.61 Å². The van der Waals surface area contributed by atoms with E-state index in [1.165, 1.54) is 6.07 Å². The molecule has 0 saturated heterocycles. The Hall–Kier alpha value is -1.51. The van der Waals surface area contributed by atoms with Crippen LogP contribution in [0.2, 0.25) is 0 Å². The quantitative estimate of drug-likeness (QED) is 0.577. The molecule has 0 aliphatic rings. The molecular weight excluding hydrogens is 192 g/mol. The molecule has 0 fully saturated rings. The lowest BCUT2D eigenvalue weighted by atomic mass is 10.2. The summed E-state index contributed by atoms with van der Waals surface area (Å²) in [5, 5.41) is 9.38. The fourth-order valence-electron chi connectivity index (χ4n) is 1.31. The zero-order valence-electron chi connectivity index (χ0n) is 8.90. The highest BCUT2D eigenvalue weighted by atomic mass is 16.5. The first kappa shape index (κ1) is 11.6. The molecule has 3 nitrogen and oxygen atoms in total. The van der Waals surface area contributed by atoms with Gasteiger partial charge in [-0.15, -0.1) is 0 Å². The van der Waals surface area contributed by atoms with Crippen molar-refractivity contribution in [3.05, 3.63) is 23.8 Å². The Bertz CT molecular complexity index is 321. The molecule has 3 heteroatoms. The van der Waals surface area contributed by atoms with Gasteiger partial charge in [-0.3, -0.25) is 4.79 Å². The Labute approximate surface area is 89.7 Å². The van der Waals surface area contributed by atoms with E-state index in [4.69, 9.17) is 4.74 Å². The van der Waals surface area contributed by atoms with E-state index in [1.807, 2.05) is 0 Å². The zero-order valence-corrected chi connectivity index (χ0v) is 8.90. The first-order chi connectivity index (χ1) is 7.29. The largest absolute Gasteiger partial charge is 0.507 e. The third-order valence-electron chi connectivity index (χ3n) is 2.17. The summed E-state index contributed by atoms with van der Waals surface area (Å²) in [5.74, 6) is 0.430. The van der Waals surface area contributed by atoms with E-state index in [2.05, 4.69) is 6.92 Å². The molecule has 1 aromatic carbocycles. The Morgan fingerprint density at radius 2 is 2.20 bits per heavy atom. The maximum Gasteiger partial charge on any atom is 0.157 e. The topological polar surface area (TPSA) is 46.5 Å². The lowest BCUT2D eigenvalue weighted by Gasteiger charge is -2.08. The van der Waals surface area contributed by atoms with Gasteiger partial charge in [0.2, 0.25) is 0 Å². The number of phenolic OH excluding ortho intramolecular Hbond substituents is 1. The van der Waals surface area contributed by atoms with Crippen LogP contribution in [0.1, 0.15) is 36.5 Å². The molecule has 1 N–H and O–H groups in total. The van der Waals surface area contributed by atoms with Crippen LogP contribution in [0, 0.1) is 0 Å². The molecule has 0 aromatic heterocycles. The first-order valence-electron chi connectivity index (χ1n) is 5.19. The van der Waals surface area contributed by atoms with Gasteiger partial charge in [0.05, 0.1) is 12.2 Å². The van der Waals surface area contributed by atoms with E-state index >= 15 is 0 Å². The van der Waals surface area contributed by atoms with Gasteiger partial charge in [-0.2, -0.15) is 0 Å². The molecule has 1 aromatic rings. The number of carbonyl (C=O) groups is 1. The second-order valence-corrected chi connectivity index (χ2v) is 3.36. The number of phenols is 1. The van der Waals surface area contributed by atoms with E-state index in [9.17, 15) is 9.90 Å². The molecule has 0 saturated carbocycles. The predicted octanol–water partition coefficient (Wildman–Crippen LogP) is 2.77. The van der Waals surface area contributed by atoms with Crippen LogP contribution < -0.4 is 4.74 Å². The van der Waals surface area contributed by atoms with E-state index in [0.29, 0.717) is 18.6 Å². The molecular formula is C12H16O3. The maximum absolute atomic E-state index is 10.7. The van der Waals surface area contributed by atoms with Crippen molar-refractivity contribution >= 4 is 6.29 Å². The smallest absolute Gasteiger partial charge is 0.157 e. The van der Waals surface area contributed by atoms with Crippen molar-refractivity contribution in [1.29, 1.82) is 0 Å². The van der Waals surface area contributed by atoms with Crippen LogP contribution in [-0.2, 0) is 0 Å². The minimum Gasteiger partial charge on any atom is -0.507 e. The molecule has 82 valence electrons. The van der Waals surface area contributed by atoms with Crippen LogP contribution in [0.3, 0.4) is 0 Å². The number of aldehydes is 1. The van der Waals surface area contributed by atoms with Crippen LogP contribution in [0.4, 0.5) is 0 Å². The number of rotatable bonds is 6. The Kier molecular flexibility index (Phi) is 4.68. The monoisotopic (exact) mass is 208 g/mol. The van der Waals surface area contributed by atoms with Crippen molar-refractivity contribution in [2.24, 2.45) is 0 Å². The normalized spacial score (nSPS) is 9.93. The third-order valence-corrected chi connectivity index (χ3v) is 2.17. The highest BCUT2D eigenvalue weighted by Gasteiger charge is 2.06. The van der Waals surface area contributed by atoms with Gasteiger partial charge in [-0.05, 0) is 18.6 Å². The molecule has 0 bridgehead atoms. The van der Waals surface area contributed by atoms with E-state index in [1.54, 1.807) is 12.1 Å². The summed E-state index contributed by atoms with van der Waals surface area (Å²) < 4.78 is 5.42. The molecule has 0 spiro atoms. The molecule has 0 aliphatic carbocycles. The average molecular weight is 208 g/mol. The number of carbonyl (C=O) groups excluding carboxylic acids is 1. The summed E-state index contributed by atoms with van der Waals surface area (Å²) in [4.78, 5) is 10.7. The second-order valence-electron chi connectivity index (χ2n) is 3.36. The average Bonchev–Trinajstić information content (AvgIpc) is 2.24. The van der Waals surface area contributed by atoms with E-state index in [-0.39, 0.29) is 11.3 Å². The molecule has 0 amide bonds. The van der Waals surface area contributed by atoms with Crippen molar-refractivity contribution in [1.82, 2.24) is 0 Å². The van der Waals surface area contributed by atoms with Gasteiger partial charge in [0, 0.05) is 0 Å². The minimum atomic E-state index is -0.0296. The Morgan fingerprint density at radius 3 is 2.87 bits per heavy atom. The summed E-state index contributed by atoms with van der Waals surface area (Å²) in [5.41, 5.74) is 0.231. The summed E-state index contributed by atoms with van der Waals surface area (Å²) in [6.45, 7) is 2.70. The SMILES string of the molecule is CCCCCOc1cccc(O)c1C=O. The zero-order chi connectivity index (χ0) is 11.1. The molecule has 0 unspecified atom stereocenters. The molecule has 15 heavy (non-hydrogen) atoms. The van der Waals surface area contributed by atoms with E-state index < -0.39 is 0 Å². The van der Waals surface area contributed by atoms with Gasteiger partial charge in [0.1, 0.15) is 11.5 Å².